The number of hydrogen-bond donors (Lipinski definition) is 0. The van der Waals surface area contributed by atoms with Gasteiger partial charge in [0.15, 0.2) is 0 Å². The van der Waals surface area contributed by atoms with Gasteiger partial charge in [0.25, 0.3) is 0 Å². The van der Waals surface area contributed by atoms with Crippen LogP contribution < -0.4 is 0 Å². The molecule has 2 nitrogen and oxygen atoms in total. The van der Waals surface area contributed by atoms with Gasteiger partial charge in [-0.25, -0.2) is 0 Å². The number of nitrogens with zero attached hydrogens (tertiary/aromatic N) is 2. The number of benzene rings is 1. The fraction of sp³-hybridized carbons (Fsp3) is 0.389. The quantitative estimate of drug-likeness (QED) is 0.840. The first-order valence-corrected chi connectivity index (χ1v) is 7.51. The molecule has 0 unspecified atom stereocenters. The van der Waals surface area contributed by atoms with Crippen LogP contribution in [0.5, 0.6) is 0 Å². The molecule has 0 spiro atoms. The molecule has 1 aromatic heterocycles. The van der Waals surface area contributed by atoms with Crippen molar-refractivity contribution < 1.29 is 0 Å². The van der Waals surface area contributed by atoms with Gasteiger partial charge in [0.1, 0.15) is 0 Å². The van der Waals surface area contributed by atoms with Crippen molar-refractivity contribution in [2.24, 2.45) is 0 Å². The van der Waals surface area contributed by atoms with Gasteiger partial charge >= 0.3 is 0 Å². The highest BCUT2D eigenvalue weighted by Gasteiger charge is 2.22. The van der Waals surface area contributed by atoms with E-state index in [4.69, 9.17) is 0 Å². The summed E-state index contributed by atoms with van der Waals surface area (Å²) in [6.45, 7) is 5.55. The van der Waals surface area contributed by atoms with Crippen molar-refractivity contribution in [3.8, 4) is 0 Å². The van der Waals surface area contributed by atoms with E-state index in [9.17, 15) is 0 Å². The van der Waals surface area contributed by atoms with Crippen molar-refractivity contribution in [1.29, 1.82) is 0 Å². The van der Waals surface area contributed by atoms with Crippen molar-refractivity contribution >= 4 is 0 Å². The molecule has 0 amide bonds. The third kappa shape index (κ3) is 3.07. The summed E-state index contributed by atoms with van der Waals surface area (Å²) in [7, 11) is 0. The average Bonchev–Trinajstić information content (AvgIpc) is 2.49. The molecule has 3 rings (SSSR count). The fourth-order valence-corrected chi connectivity index (χ4v) is 3.22. The van der Waals surface area contributed by atoms with Crippen molar-refractivity contribution in [1.82, 2.24) is 9.88 Å². The second kappa shape index (κ2) is 6.19. The molecular formula is C18H22N2. The third-order valence-electron chi connectivity index (χ3n) is 4.25. The van der Waals surface area contributed by atoms with Gasteiger partial charge in [-0.3, -0.25) is 9.88 Å². The summed E-state index contributed by atoms with van der Waals surface area (Å²) in [5.41, 5.74) is 4.13. The monoisotopic (exact) mass is 266 g/mol. The first-order chi connectivity index (χ1) is 9.83. The Labute approximate surface area is 121 Å². The molecule has 1 fully saturated rings. The third-order valence-corrected chi connectivity index (χ3v) is 4.25. The molecule has 1 aromatic carbocycles. The second-order valence-corrected chi connectivity index (χ2v) is 5.75. The molecule has 0 N–H and O–H groups in total. The number of rotatable bonds is 3. The SMILES string of the molecule is Cc1ccccc1[C@H]1CCCN(Cc2ccccn2)C1. The molecule has 104 valence electrons. The maximum absolute atomic E-state index is 4.45. The number of pyridine rings is 1. The van der Waals surface area contributed by atoms with Gasteiger partial charge in [-0.05, 0) is 55.5 Å². The van der Waals surface area contributed by atoms with E-state index in [0.29, 0.717) is 5.92 Å². The summed E-state index contributed by atoms with van der Waals surface area (Å²) in [4.78, 5) is 6.99. The van der Waals surface area contributed by atoms with Gasteiger partial charge in [0.2, 0.25) is 0 Å². The molecule has 1 aliphatic heterocycles. The lowest BCUT2D eigenvalue weighted by atomic mass is 9.88. The molecule has 0 radical (unpaired) electrons. The van der Waals surface area contributed by atoms with Gasteiger partial charge in [0, 0.05) is 19.3 Å². The first kappa shape index (κ1) is 13.3. The summed E-state index contributed by atoms with van der Waals surface area (Å²) < 4.78 is 0. The Kier molecular flexibility index (Phi) is 4.12. The maximum Gasteiger partial charge on any atom is 0.0543 e. The highest BCUT2D eigenvalue weighted by Crippen LogP contribution is 2.29. The molecule has 0 aliphatic carbocycles. The Bertz CT molecular complexity index is 550. The average molecular weight is 266 g/mol. The van der Waals surface area contributed by atoms with Gasteiger partial charge in [-0.2, -0.15) is 0 Å². The van der Waals surface area contributed by atoms with Crippen LogP contribution in [-0.2, 0) is 6.54 Å². The first-order valence-electron chi connectivity index (χ1n) is 7.51. The molecule has 1 saturated heterocycles. The summed E-state index contributed by atoms with van der Waals surface area (Å²) in [5, 5.41) is 0. The van der Waals surface area contributed by atoms with Crippen LogP contribution in [0.25, 0.3) is 0 Å². The van der Waals surface area contributed by atoms with Gasteiger partial charge in [0.05, 0.1) is 5.69 Å². The molecule has 2 heteroatoms. The Morgan fingerprint density at radius 3 is 2.80 bits per heavy atom. The predicted octanol–water partition coefficient (Wildman–Crippen LogP) is 3.77. The lowest BCUT2D eigenvalue weighted by Gasteiger charge is -2.33. The van der Waals surface area contributed by atoms with E-state index in [1.807, 2.05) is 12.3 Å². The largest absolute Gasteiger partial charge is 0.297 e. The zero-order chi connectivity index (χ0) is 13.8. The minimum atomic E-state index is 0.675. The second-order valence-electron chi connectivity index (χ2n) is 5.75. The van der Waals surface area contributed by atoms with E-state index in [1.165, 1.54) is 36.2 Å². The zero-order valence-corrected chi connectivity index (χ0v) is 12.1. The van der Waals surface area contributed by atoms with Crippen molar-refractivity contribution in [2.45, 2.75) is 32.2 Å². The molecule has 20 heavy (non-hydrogen) atoms. The van der Waals surface area contributed by atoms with Crippen LogP contribution in [0.4, 0.5) is 0 Å². The number of hydrogen-bond acceptors (Lipinski definition) is 2. The van der Waals surface area contributed by atoms with Gasteiger partial charge in [-0.15, -0.1) is 0 Å². The zero-order valence-electron chi connectivity index (χ0n) is 12.1. The smallest absolute Gasteiger partial charge is 0.0543 e. The van der Waals surface area contributed by atoms with Gasteiger partial charge < -0.3 is 0 Å². The Morgan fingerprint density at radius 2 is 2.00 bits per heavy atom. The summed E-state index contributed by atoms with van der Waals surface area (Å²) in [6.07, 6.45) is 4.48. The van der Waals surface area contributed by atoms with Crippen LogP contribution in [0.2, 0.25) is 0 Å². The summed E-state index contributed by atoms with van der Waals surface area (Å²) in [6, 6.07) is 15.0. The van der Waals surface area contributed by atoms with Crippen molar-refractivity contribution in [3.05, 3.63) is 65.5 Å². The van der Waals surface area contributed by atoms with Crippen LogP contribution >= 0.6 is 0 Å². The molecule has 1 atom stereocenters. The topological polar surface area (TPSA) is 16.1 Å². The van der Waals surface area contributed by atoms with Crippen molar-refractivity contribution in [2.75, 3.05) is 13.1 Å². The Balaban J connectivity index is 1.69. The molecule has 0 bridgehead atoms. The summed E-state index contributed by atoms with van der Waals surface area (Å²) in [5.74, 6) is 0.675. The maximum atomic E-state index is 4.45. The van der Waals surface area contributed by atoms with E-state index in [-0.39, 0.29) is 0 Å². The Hall–Kier alpha value is -1.67. The molecule has 2 aromatic rings. The van der Waals surface area contributed by atoms with Crippen LogP contribution in [0.15, 0.2) is 48.7 Å². The van der Waals surface area contributed by atoms with E-state index >= 15 is 0 Å². The van der Waals surface area contributed by atoms with Gasteiger partial charge in [-0.1, -0.05) is 30.3 Å². The minimum Gasteiger partial charge on any atom is -0.297 e. The number of aromatic nitrogens is 1. The highest BCUT2D eigenvalue weighted by atomic mass is 15.1. The predicted molar refractivity (Wildman–Crippen MR) is 82.7 cm³/mol. The van der Waals surface area contributed by atoms with E-state index in [1.54, 1.807) is 0 Å². The minimum absolute atomic E-state index is 0.675. The number of piperidine rings is 1. The normalized spacial score (nSPS) is 19.9. The lowest BCUT2D eigenvalue weighted by Crippen LogP contribution is -2.34. The molecule has 1 aliphatic rings. The molecular weight excluding hydrogens is 244 g/mol. The fourth-order valence-electron chi connectivity index (χ4n) is 3.22. The molecule has 0 saturated carbocycles. The number of likely N-dealkylation sites (tertiary alicyclic amines) is 1. The lowest BCUT2D eigenvalue weighted by molar-refractivity contribution is 0.198. The Morgan fingerprint density at radius 1 is 1.15 bits per heavy atom. The van der Waals surface area contributed by atoms with Crippen LogP contribution in [-0.4, -0.2) is 23.0 Å². The van der Waals surface area contributed by atoms with Crippen LogP contribution in [0, 0.1) is 6.92 Å². The summed E-state index contributed by atoms with van der Waals surface area (Å²) >= 11 is 0. The van der Waals surface area contributed by atoms with E-state index in [0.717, 1.165) is 13.1 Å². The standard InChI is InChI=1S/C18H22N2/c1-15-7-2-3-10-18(15)16-8-6-12-20(13-16)14-17-9-4-5-11-19-17/h2-5,7,9-11,16H,6,8,12-14H2,1H3/t16-/m0/s1. The van der Waals surface area contributed by atoms with Crippen LogP contribution in [0.3, 0.4) is 0 Å². The molecule has 2 heterocycles. The van der Waals surface area contributed by atoms with E-state index < -0.39 is 0 Å². The van der Waals surface area contributed by atoms with E-state index in [2.05, 4.69) is 53.2 Å². The highest BCUT2D eigenvalue weighted by molar-refractivity contribution is 5.29. The van der Waals surface area contributed by atoms with Crippen LogP contribution in [0.1, 0.15) is 35.6 Å². The van der Waals surface area contributed by atoms with Crippen molar-refractivity contribution in [3.63, 3.8) is 0 Å². The number of aryl methyl sites for hydroxylation is 1.